The Morgan fingerprint density at radius 3 is 2.94 bits per heavy atom. The first-order valence-corrected chi connectivity index (χ1v) is 6.23. The normalized spacial score (nSPS) is 10.7. The lowest BCUT2D eigenvalue weighted by molar-refractivity contribution is 0.296. The number of hydrogen-bond acceptors (Lipinski definition) is 3. The number of furan rings is 1. The molecule has 1 N–H and O–H groups in total. The third-order valence-electron chi connectivity index (χ3n) is 2.62. The Morgan fingerprint density at radius 1 is 1.47 bits per heavy atom. The van der Waals surface area contributed by atoms with E-state index in [1.54, 1.807) is 6.26 Å². The fraction of sp³-hybridized carbons (Fsp3) is 0.571. The molecular weight excluding hydrogens is 212 g/mol. The van der Waals surface area contributed by atoms with Crippen LogP contribution in [0.1, 0.15) is 31.6 Å². The molecule has 0 fully saturated rings. The SMILES string of the molecule is C#CCN(CCC)Cc1ccoc1CNCC. The van der Waals surface area contributed by atoms with Crippen molar-refractivity contribution in [1.82, 2.24) is 10.2 Å². The van der Waals surface area contributed by atoms with Crippen LogP contribution in [-0.2, 0) is 13.1 Å². The van der Waals surface area contributed by atoms with Gasteiger partial charge in [-0.3, -0.25) is 4.90 Å². The first-order valence-electron chi connectivity index (χ1n) is 6.23. The van der Waals surface area contributed by atoms with Crippen molar-refractivity contribution in [3.63, 3.8) is 0 Å². The Bertz CT molecular complexity index is 351. The Hall–Kier alpha value is -1.24. The summed E-state index contributed by atoms with van der Waals surface area (Å²) in [6, 6.07) is 2.03. The molecule has 1 rings (SSSR count). The van der Waals surface area contributed by atoms with Gasteiger partial charge in [0.25, 0.3) is 0 Å². The van der Waals surface area contributed by atoms with Crippen LogP contribution in [0.4, 0.5) is 0 Å². The van der Waals surface area contributed by atoms with Gasteiger partial charge in [0.2, 0.25) is 0 Å². The molecule has 0 aromatic carbocycles. The molecule has 1 aromatic heterocycles. The van der Waals surface area contributed by atoms with Gasteiger partial charge in [-0.15, -0.1) is 6.42 Å². The van der Waals surface area contributed by atoms with Crippen LogP contribution >= 0.6 is 0 Å². The average molecular weight is 234 g/mol. The van der Waals surface area contributed by atoms with Crippen molar-refractivity contribution in [2.45, 2.75) is 33.4 Å². The lowest BCUT2D eigenvalue weighted by atomic mass is 10.2. The number of rotatable bonds is 8. The molecule has 3 nitrogen and oxygen atoms in total. The van der Waals surface area contributed by atoms with E-state index < -0.39 is 0 Å². The zero-order valence-electron chi connectivity index (χ0n) is 10.8. The van der Waals surface area contributed by atoms with Crippen molar-refractivity contribution in [2.24, 2.45) is 0 Å². The molecule has 0 aliphatic rings. The van der Waals surface area contributed by atoms with Crippen molar-refractivity contribution in [3.05, 3.63) is 23.7 Å². The van der Waals surface area contributed by atoms with Gasteiger partial charge in [0, 0.05) is 12.1 Å². The van der Waals surface area contributed by atoms with E-state index in [9.17, 15) is 0 Å². The maximum Gasteiger partial charge on any atom is 0.122 e. The van der Waals surface area contributed by atoms with Gasteiger partial charge in [0.15, 0.2) is 0 Å². The van der Waals surface area contributed by atoms with Gasteiger partial charge in [0.1, 0.15) is 5.76 Å². The molecular formula is C14H22N2O. The molecule has 0 saturated carbocycles. The average Bonchev–Trinajstić information content (AvgIpc) is 2.74. The molecule has 0 atom stereocenters. The molecule has 0 saturated heterocycles. The highest BCUT2D eigenvalue weighted by Crippen LogP contribution is 2.13. The van der Waals surface area contributed by atoms with Crippen LogP contribution in [0.5, 0.6) is 0 Å². The molecule has 1 heterocycles. The summed E-state index contributed by atoms with van der Waals surface area (Å²) in [5, 5.41) is 3.28. The third-order valence-corrected chi connectivity index (χ3v) is 2.62. The molecule has 0 radical (unpaired) electrons. The van der Waals surface area contributed by atoms with Crippen molar-refractivity contribution in [3.8, 4) is 12.3 Å². The van der Waals surface area contributed by atoms with Crippen molar-refractivity contribution in [2.75, 3.05) is 19.6 Å². The lowest BCUT2D eigenvalue weighted by Crippen LogP contribution is -2.25. The van der Waals surface area contributed by atoms with Crippen molar-refractivity contribution < 1.29 is 4.42 Å². The zero-order valence-corrected chi connectivity index (χ0v) is 10.8. The van der Waals surface area contributed by atoms with Crippen LogP contribution < -0.4 is 5.32 Å². The van der Waals surface area contributed by atoms with Gasteiger partial charge in [0.05, 0.1) is 19.4 Å². The summed E-state index contributed by atoms with van der Waals surface area (Å²) < 4.78 is 5.48. The van der Waals surface area contributed by atoms with E-state index in [1.807, 2.05) is 6.07 Å². The van der Waals surface area contributed by atoms with Crippen molar-refractivity contribution >= 4 is 0 Å². The summed E-state index contributed by atoms with van der Waals surface area (Å²) in [6.07, 6.45) is 8.24. The first-order chi connectivity index (χ1) is 8.31. The maximum absolute atomic E-state index is 5.48. The standard InChI is InChI=1S/C14H22N2O/c1-4-8-16(9-5-2)12-13-7-10-17-14(13)11-15-6-3/h1,7,10,15H,5-6,8-9,11-12H2,2-3H3. The van der Waals surface area contributed by atoms with Gasteiger partial charge < -0.3 is 9.73 Å². The second-order valence-electron chi connectivity index (χ2n) is 4.06. The smallest absolute Gasteiger partial charge is 0.122 e. The molecule has 94 valence electrons. The Morgan fingerprint density at radius 2 is 2.29 bits per heavy atom. The minimum absolute atomic E-state index is 0.694. The summed E-state index contributed by atoms with van der Waals surface area (Å²) in [4.78, 5) is 2.26. The number of hydrogen-bond donors (Lipinski definition) is 1. The fourth-order valence-corrected chi connectivity index (χ4v) is 1.80. The minimum atomic E-state index is 0.694. The van der Waals surface area contributed by atoms with Crippen LogP contribution in [0, 0.1) is 12.3 Å². The van der Waals surface area contributed by atoms with E-state index >= 15 is 0 Å². The molecule has 1 aromatic rings. The van der Waals surface area contributed by atoms with Crippen LogP contribution in [-0.4, -0.2) is 24.5 Å². The highest BCUT2D eigenvalue weighted by Gasteiger charge is 2.10. The summed E-state index contributed by atoms with van der Waals surface area (Å²) in [6.45, 7) is 8.58. The molecule has 17 heavy (non-hydrogen) atoms. The third kappa shape index (κ3) is 4.64. The predicted octanol–water partition coefficient (Wildman–Crippen LogP) is 2.23. The van der Waals surface area contributed by atoms with Crippen LogP contribution in [0.25, 0.3) is 0 Å². The lowest BCUT2D eigenvalue weighted by Gasteiger charge is -2.18. The van der Waals surface area contributed by atoms with E-state index in [1.165, 1.54) is 5.56 Å². The van der Waals surface area contributed by atoms with E-state index in [0.717, 1.165) is 38.4 Å². The summed E-state index contributed by atoms with van der Waals surface area (Å²) in [5.74, 6) is 3.73. The van der Waals surface area contributed by atoms with Gasteiger partial charge in [-0.2, -0.15) is 0 Å². The molecule has 0 spiro atoms. The minimum Gasteiger partial charge on any atom is -0.468 e. The van der Waals surface area contributed by atoms with E-state index in [4.69, 9.17) is 10.8 Å². The largest absolute Gasteiger partial charge is 0.468 e. The molecule has 0 amide bonds. The van der Waals surface area contributed by atoms with Crippen LogP contribution in [0.2, 0.25) is 0 Å². The van der Waals surface area contributed by atoms with Crippen LogP contribution in [0.3, 0.4) is 0 Å². The molecule has 0 bridgehead atoms. The van der Waals surface area contributed by atoms with E-state index in [-0.39, 0.29) is 0 Å². The summed E-state index contributed by atoms with van der Waals surface area (Å²) in [7, 11) is 0. The van der Waals surface area contributed by atoms with Crippen LogP contribution in [0.15, 0.2) is 16.7 Å². The number of terminal acetylenes is 1. The van der Waals surface area contributed by atoms with Gasteiger partial charge >= 0.3 is 0 Å². The molecule has 3 heteroatoms. The van der Waals surface area contributed by atoms with Crippen molar-refractivity contribution in [1.29, 1.82) is 0 Å². The molecule has 0 aliphatic heterocycles. The van der Waals surface area contributed by atoms with E-state index in [0.29, 0.717) is 6.54 Å². The van der Waals surface area contributed by atoms with Gasteiger partial charge in [-0.25, -0.2) is 0 Å². The van der Waals surface area contributed by atoms with E-state index in [2.05, 4.69) is 30.0 Å². The second kappa shape index (κ2) is 7.94. The monoisotopic (exact) mass is 234 g/mol. The Kier molecular flexibility index (Phi) is 6.46. The highest BCUT2D eigenvalue weighted by atomic mass is 16.3. The van der Waals surface area contributed by atoms with Gasteiger partial charge in [-0.1, -0.05) is 19.8 Å². The Balaban J connectivity index is 2.58. The predicted molar refractivity (Wildman–Crippen MR) is 70.5 cm³/mol. The molecule has 0 aliphatic carbocycles. The summed E-state index contributed by atoms with van der Waals surface area (Å²) in [5.41, 5.74) is 1.23. The fourth-order valence-electron chi connectivity index (χ4n) is 1.80. The zero-order chi connectivity index (χ0) is 12.5. The van der Waals surface area contributed by atoms with Gasteiger partial charge in [-0.05, 0) is 25.6 Å². The topological polar surface area (TPSA) is 28.4 Å². The maximum atomic E-state index is 5.48. The summed E-state index contributed by atoms with van der Waals surface area (Å²) >= 11 is 0. The first kappa shape index (κ1) is 13.8. The number of nitrogens with one attached hydrogen (secondary N) is 1. The highest BCUT2D eigenvalue weighted by molar-refractivity contribution is 5.17. The quantitative estimate of drug-likeness (QED) is 0.699. The second-order valence-corrected chi connectivity index (χ2v) is 4.06. The Labute approximate surface area is 104 Å². The molecule has 0 unspecified atom stereocenters. The number of nitrogens with zero attached hydrogens (tertiary/aromatic N) is 1.